The van der Waals surface area contributed by atoms with E-state index in [2.05, 4.69) is 10.3 Å². The highest BCUT2D eigenvalue weighted by atomic mass is 16.4. The van der Waals surface area contributed by atoms with Crippen molar-refractivity contribution in [3.63, 3.8) is 0 Å². The van der Waals surface area contributed by atoms with Crippen LogP contribution in [0, 0.1) is 6.92 Å². The topological polar surface area (TPSA) is 62.2 Å². The van der Waals surface area contributed by atoms with Gasteiger partial charge < -0.3 is 10.4 Å². The quantitative estimate of drug-likeness (QED) is 0.795. The van der Waals surface area contributed by atoms with Crippen LogP contribution in [0.1, 0.15) is 26.0 Å². The van der Waals surface area contributed by atoms with E-state index in [1.807, 2.05) is 32.9 Å². The number of carboxylic acid groups (broad SMARTS) is 1. The van der Waals surface area contributed by atoms with Gasteiger partial charge >= 0.3 is 5.97 Å². The minimum Gasteiger partial charge on any atom is -0.481 e. The number of hydrogen-bond donors (Lipinski definition) is 2. The Balaban J connectivity index is 2.72. The van der Waals surface area contributed by atoms with E-state index in [1.54, 1.807) is 6.20 Å². The summed E-state index contributed by atoms with van der Waals surface area (Å²) in [6, 6.07) is 3.72. The van der Waals surface area contributed by atoms with Crippen molar-refractivity contribution < 1.29 is 9.90 Å². The fraction of sp³-hybridized carbons (Fsp3) is 0.455. The van der Waals surface area contributed by atoms with Crippen molar-refractivity contribution in [2.24, 2.45) is 0 Å². The summed E-state index contributed by atoms with van der Waals surface area (Å²) in [5.41, 5.74) is 1.35. The number of hydrogen-bond acceptors (Lipinski definition) is 3. The third-order valence-electron chi connectivity index (χ3n) is 1.97. The van der Waals surface area contributed by atoms with E-state index in [4.69, 9.17) is 5.11 Å². The molecule has 2 N–H and O–H groups in total. The van der Waals surface area contributed by atoms with Gasteiger partial charge in [0.05, 0.1) is 6.42 Å². The Labute approximate surface area is 89.3 Å². The van der Waals surface area contributed by atoms with E-state index >= 15 is 0 Å². The second kappa shape index (κ2) is 4.29. The summed E-state index contributed by atoms with van der Waals surface area (Å²) >= 11 is 0. The Kier molecular flexibility index (Phi) is 3.29. The molecule has 0 aliphatic heterocycles. The predicted octanol–water partition coefficient (Wildman–Crippen LogP) is 2.06. The van der Waals surface area contributed by atoms with Gasteiger partial charge in [-0.1, -0.05) is 0 Å². The number of aliphatic carboxylic acids is 1. The van der Waals surface area contributed by atoms with Gasteiger partial charge in [0.25, 0.3) is 0 Å². The van der Waals surface area contributed by atoms with E-state index in [0.717, 1.165) is 11.4 Å². The number of rotatable bonds is 4. The molecule has 4 nitrogen and oxygen atoms in total. The first-order valence-electron chi connectivity index (χ1n) is 4.82. The number of carbonyl (C=O) groups is 1. The SMILES string of the molecule is Cc1cc(NC(C)(C)CC(=O)O)ccn1. The molecule has 4 heteroatoms. The molecule has 15 heavy (non-hydrogen) atoms. The highest BCUT2D eigenvalue weighted by Crippen LogP contribution is 2.18. The molecule has 1 rings (SSSR count). The van der Waals surface area contributed by atoms with Crippen LogP contribution < -0.4 is 5.32 Å². The number of aryl methyl sites for hydroxylation is 1. The van der Waals surface area contributed by atoms with Gasteiger partial charge in [-0.25, -0.2) is 0 Å². The smallest absolute Gasteiger partial charge is 0.305 e. The molecule has 0 aliphatic rings. The number of carboxylic acids is 1. The molecule has 1 aromatic rings. The van der Waals surface area contributed by atoms with Crippen LogP contribution in [-0.4, -0.2) is 21.6 Å². The van der Waals surface area contributed by atoms with Gasteiger partial charge in [-0.05, 0) is 32.9 Å². The fourth-order valence-electron chi connectivity index (χ4n) is 1.44. The summed E-state index contributed by atoms with van der Waals surface area (Å²) in [5.74, 6) is -0.807. The Hall–Kier alpha value is -1.58. The average Bonchev–Trinajstić information content (AvgIpc) is 1.99. The number of pyridine rings is 1. The summed E-state index contributed by atoms with van der Waals surface area (Å²) in [4.78, 5) is 14.7. The molecule has 0 spiro atoms. The summed E-state index contributed by atoms with van der Waals surface area (Å²) in [5, 5.41) is 11.9. The molecule has 0 unspecified atom stereocenters. The molecule has 1 heterocycles. The molecular formula is C11H16N2O2. The van der Waals surface area contributed by atoms with E-state index in [1.165, 1.54) is 0 Å². The van der Waals surface area contributed by atoms with Crippen molar-refractivity contribution in [3.05, 3.63) is 24.0 Å². The summed E-state index contributed by atoms with van der Waals surface area (Å²) in [6.07, 6.45) is 1.78. The van der Waals surface area contributed by atoms with Crippen LogP contribution in [0.2, 0.25) is 0 Å². The first kappa shape index (κ1) is 11.5. The van der Waals surface area contributed by atoms with Crippen LogP contribution in [0.5, 0.6) is 0 Å². The fourth-order valence-corrected chi connectivity index (χ4v) is 1.44. The van der Waals surface area contributed by atoms with Crippen molar-refractivity contribution in [2.75, 3.05) is 5.32 Å². The molecule has 0 aromatic carbocycles. The van der Waals surface area contributed by atoms with Crippen LogP contribution in [0.3, 0.4) is 0 Å². The highest BCUT2D eigenvalue weighted by molar-refractivity contribution is 5.69. The normalized spacial score (nSPS) is 11.1. The summed E-state index contributed by atoms with van der Waals surface area (Å²) in [7, 11) is 0. The third-order valence-corrected chi connectivity index (χ3v) is 1.97. The largest absolute Gasteiger partial charge is 0.481 e. The van der Waals surface area contributed by atoms with Crippen LogP contribution in [-0.2, 0) is 4.79 Å². The molecule has 0 aliphatic carbocycles. The van der Waals surface area contributed by atoms with Gasteiger partial charge in [-0.3, -0.25) is 9.78 Å². The van der Waals surface area contributed by atoms with E-state index in [-0.39, 0.29) is 6.42 Å². The Bertz CT molecular complexity index is 361. The molecule has 0 atom stereocenters. The second-order valence-corrected chi connectivity index (χ2v) is 4.27. The summed E-state index contributed by atoms with van der Waals surface area (Å²) in [6.45, 7) is 5.61. The molecule has 0 fully saturated rings. The Morgan fingerprint density at radius 2 is 2.27 bits per heavy atom. The molecule has 0 bridgehead atoms. The molecular weight excluding hydrogens is 192 g/mol. The lowest BCUT2D eigenvalue weighted by Crippen LogP contribution is -2.33. The molecule has 0 saturated carbocycles. The van der Waals surface area contributed by atoms with Crippen molar-refractivity contribution >= 4 is 11.7 Å². The Morgan fingerprint density at radius 1 is 1.60 bits per heavy atom. The standard InChI is InChI=1S/C11H16N2O2/c1-8-6-9(4-5-12-8)13-11(2,3)7-10(14)15/h4-6H,7H2,1-3H3,(H,12,13)(H,14,15). The van der Waals surface area contributed by atoms with Gasteiger partial charge in [-0.15, -0.1) is 0 Å². The molecule has 0 saturated heterocycles. The van der Waals surface area contributed by atoms with Crippen LogP contribution in [0.25, 0.3) is 0 Å². The number of aromatic nitrogens is 1. The minimum absolute atomic E-state index is 0.0777. The summed E-state index contributed by atoms with van der Waals surface area (Å²) < 4.78 is 0. The molecule has 1 aromatic heterocycles. The third kappa shape index (κ3) is 3.97. The monoisotopic (exact) mass is 208 g/mol. The lowest BCUT2D eigenvalue weighted by Gasteiger charge is -2.25. The first-order valence-corrected chi connectivity index (χ1v) is 4.82. The minimum atomic E-state index is -0.807. The van der Waals surface area contributed by atoms with Crippen LogP contribution in [0.15, 0.2) is 18.3 Å². The zero-order valence-electron chi connectivity index (χ0n) is 9.24. The zero-order valence-corrected chi connectivity index (χ0v) is 9.24. The lowest BCUT2D eigenvalue weighted by molar-refractivity contribution is -0.137. The van der Waals surface area contributed by atoms with Crippen molar-refractivity contribution in [1.29, 1.82) is 0 Å². The zero-order chi connectivity index (χ0) is 11.5. The van der Waals surface area contributed by atoms with Gasteiger partial charge in [0.1, 0.15) is 0 Å². The highest BCUT2D eigenvalue weighted by Gasteiger charge is 2.21. The number of nitrogens with zero attached hydrogens (tertiary/aromatic N) is 1. The molecule has 0 amide bonds. The molecule has 0 radical (unpaired) electrons. The van der Waals surface area contributed by atoms with E-state index in [9.17, 15) is 4.79 Å². The Morgan fingerprint density at radius 3 is 2.80 bits per heavy atom. The number of anilines is 1. The van der Waals surface area contributed by atoms with Crippen molar-refractivity contribution in [1.82, 2.24) is 4.98 Å². The second-order valence-electron chi connectivity index (χ2n) is 4.27. The van der Waals surface area contributed by atoms with E-state index < -0.39 is 11.5 Å². The first-order chi connectivity index (χ1) is 6.89. The maximum atomic E-state index is 10.6. The van der Waals surface area contributed by atoms with E-state index in [0.29, 0.717) is 0 Å². The van der Waals surface area contributed by atoms with Gasteiger partial charge in [0, 0.05) is 23.1 Å². The molecule has 82 valence electrons. The van der Waals surface area contributed by atoms with Crippen molar-refractivity contribution in [3.8, 4) is 0 Å². The average molecular weight is 208 g/mol. The van der Waals surface area contributed by atoms with Crippen molar-refractivity contribution in [2.45, 2.75) is 32.7 Å². The van der Waals surface area contributed by atoms with Crippen LogP contribution >= 0.6 is 0 Å². The number of nitrogens with one attached hydrogen (secondary N) is 1. The van der Waals surface area contributed by atoms with Gasteiger partial charge in [0.2, 0.25) is 0 Å². The predicted molar refractivity (Wildman–Crippen MR) is 58.9 cm³/mol. The maximum Gasteiger partial charge on any atom is 0.305 e. The van der Waals surface area contributed by atoms with Crippen LogP contribution in [0.4, 0.5) is 5.69 Å². The van der Waals surface area contributed by atoms with Gasteiger partial charge in [-0.2, -0.15) is 0 Å². The lowest BCUT2D eigenvalue weighted by atomic mass is 10.0. The maximum absolute atomic E-state index is 10.6. The van der Waals surface area contributed by atoms with Gasteiger partial charge in [0.15, 0.2) is 0 Å².